The van der Waals surface area contributed by atoms with Crippen LogP contribution in [-0.4, -0.2) is 67.8 Å². The van der Waals surface area contributed by atoms with E-state index in [0.29, 0.717) is 30.2 Å². The molecule has 2 aliphatic heterocycles. The van der Waals surface area contributed by atoms with Crippen molar-refractivity contribution in [3.8, 4) is 11.3 Å². The van der Waals surface area contributed by atoms with Crippen LogP contribution in [0.1, 0.15) is 42.1 Å². The lowest BCUT2D eigenvalue weighted by molar-refractivity contribution is -0.127. The molecule has 0 unspecified atom stereocenters. The van der Waals surface area contributed by atoms with E-state index in [9.17, 15) is 9.59 Å². The zero-order valence-corrected chi connectivity index (χ0v) is 18.5. The summed E-state index contributed by atoms with van der Waals surface area (Å²) in [5, 5.41) is 13.7. The number of nitrogens with zero attached hydrogens (tertiary/aromatic N) is 6. The maximum Gasteiger partial charge on any atom is 0.253 e. The lowest BCUT2D eigenvalue weighted by Gasteiger charge is -2.32. The molecule has 0 radical (unpaired) electrons. The Balaban J connectivity index is 1.51. The van der Waals surface area contributed by atoms with Crippen molar-refractivity contribution < 1.29 is 9.59 Å². The van der Waals surface area contributed by atoms with E-state index in [2.05, 4.69) is 16.8 Å². The van der Waals surface area contributed by atoms with Crippen LogP contribution in [0.15, 0.2) is 43.1 Å². The molecule has 170 valence electrons. The maximum absolute atomic E-state index is 12.7. The highest BCUT2D eigenvalue weighted by atomic mass is 16.2. The molecule has 2 fully saturated rings. The van der Waals surface area contributed by atoms with Crippen molar-refractivity contribution in [1.29, 1.82) is 0 Å². The molecule has 2 amide bonds. The summed E-state index contributed by atoms with van der Waals surface area (Å²) < 4.78 is 1.92. The fourth-order valence-electron chi connectivity index (χ4n) is 4.86. The van der Waals surface area contributed by atoms with Gasteiger partial charge >= 0.3 is 0 Å². The van der Waals surface area contributed by atoms with Gasteiger partial charge in [-0.25, -0.2) is 0 Å². The first kappa shape index (κ1) is 21.1. The first-order valence-corrected chi connectivity index (χ1v) is 11.4. The molecule has 33 heavy (non-hydrogen) atoms. The Kier molecular flexibility index (Phi) is 5.53. The minimum absolute atomic E-state index is 0.00137. The number of likely N-dealkylation sites (tertiary alicyclic amines) is 2. The Morgan fingerprint density at radius 2 is 1.79 bits per heavy atom. The van der Waals surface area contributed by atoms with Crippen LogP contribution < -0.4 is 5.73 Å². The van der Waals surface area contributed by atoms with Crippen LogP contribution in [-0.2, 0) is 4.79 Å². The molecule has 9 heteroatoms. The number of hydrogen-bond donors (Lipinski definition) is 1. The molecule has 1 atom stereocenters. The minimum Gasteiger partial charge on any atom is -0.382 e. The molecule has 4 heterocycles. The van der Waals surface area contributed by atoms with Gasteiger partial charge in [-0.3, -0.25) is 14.3 Å². The number of amides is 2. The maximum atomic E-state index is 12.7. The zero-order chi connectivity index (χ0) is 22.9. The molecule has 1 aromatic carbocycles. The van der Waals surface area contributed by atoms with Crippen LogP contribution >= 0.6 is 0 Å². The molecule has 9 nitrogen and oxygen atoms in total. The normalized spacial score (nSPS) is 18.6. The summed E-state index contributed by atoms with van der Waals surface area (Å²) >= 11 is 0. The zero-order valence-electron chi connectivity index (χ0n) is 18.5. The Hall–Kier alpha value is -3.75. The third-order valence-corrected chi connectivity index (χ3v) is 6.58. The number of anilines is 1. The summed E-state index contributed by atoms with van der Waals surface area (Å²) in [5.41, 5.74) is 9.24. The van der Waals surface area contributed by atoms with Crippen LogP contribution in [0.5, 0.6) is 0 Å². The van der Waals surface area contributed by atoms with E-state index in [1.807, 2.05) is 33.8 Å². The summed E-state index contributed by atoms with van der Waals surface area (Å²) in [6.07, 6.45) is 6.91. The number of benzene rings is 1. The van der Waals surface area contributed by atoms with Gasteiger partial charge in [0.1, 0.15) is 5.69 Å². The highest BCUT2D eigenvalue weighted by molar-refractivity contribution is 6.00. The molecule has 2 saturated heterocycles. The summed E-state index contributed by atoms with van der Waals surface area (Å²) in [5.74, 6) is 0.295. The topological polar surface area (TPSA) is 110 Å². The SMILES string of the molecule is C=CC(=O)N1CCC[C@@H](n2nc(-c3ccc(C(=O)N4CCCC4)cc3)c3c(N)nncc32)C1. The average Bonchev–Trinajstić information content (AvgIpc) is 3.53. The molecule has 0 aliphatic carbocycles. The van der Waals surface area contributed by atoms with E-state index in [-0.39, 0.29) is 17.9 Å². The second-order valence-electron chi connectivity index (χ2n) is 8.64. The number of carbonyl (C=O) groups is 2. The van der Waals surface area contributed by atoms with Gasteiger partial charge in [-0.15, -0.1) is 5.10 Å². The van der Waals surface area contributed by atoms with Gasteiger partial charge in [0.05, 0.1) is 23.1 Å². The lowest BCUT2D eigenvalue weighted by atomic mass is 10.0. The Morgan fingerprint density at radius 3 is 2.52 bits per heavy atom. The fourth-order valence-corrected chi connectivity index (χ4v) is 4.86. The van der Waals surface area contributed by atoms with E-state index in [1.54, 1.807) is 11.1 Å². The second-order valence-corrected chi connectivity index (χ2v) is 8.64. The molecule has 2 N–H and O–H groups in total. The van der Waals surface area contributed by atoms with Crippen molar-refractivity contribution in [2.24, 2.45) is 0 Å². The van der Waals surface area contributed by atoms with Crippen LogP contribution in [0, 0.1) is 0 Å². The minimum atomic E-state index is -0.0750. The van der Waals surface area contributed by atoms with Crippen LogP contribution in [0.4, 0.5) is 5.82 Å². The van der Waals surface area contributed by atoms with Gasteiger partial charge in [-0.1, -0.05) is 18.7 Å². The van der Waals surface area contributed by atoms with E-state index in [1.165, 1.54) is 6.08 Å². The highest BCUT2D eigenvalue weighted by Crippen LogP contribution is 2.34. The fraction of sp³-hybridized carbons (Fsp3) is 0.375. The van der Waals surface area contributed by atoms with Crippen LogP contribution in [0.3, 0.4) is 0 Å². The molecule has 0 spiro atoms. The van der Waals surface area contributed by atoms with Gasteiger partial charge in [-0.05, 0) is 43.9 Å². The quantitative estimate of drug-likeness (QED) is 0.618. The number of aromatic nitrogens is 4. The van der Waals surface area contributed by atoms with Crippen LogP contribution in [0.2, 0.25) is 0 Å². The number of hydrogen-bond acceptors (Lipinski definition) is 6. The molecule has 2 aliphatic rings. The number of rotatable bonds is 4. The van der Waals surface area contributed by atoms with Crippen molar-refractivity contribution in [2.45, 2.75) is 31.7 Å². The van der Waals surface area contributed by atoms with Gasteiger partial charge in [0.15, 0.2) is 5.82 Å². The summed E-state index contributed by atoms with van der Waals surface area (Å²) in [7, 11) is 0. The van der Waals surface area contributed by atoms with E-state index >= 15 is 0 Å². The molecular weight excluding hydrogens is 418 g/mol. The third kappa shape index (κ3) is 3.83. The number of carbonyl (C=O) groups excluding carboxylic acids is 2. The first-order valence-electron chi connectivity index (χ1n) is 11.4. The van der Waals surface area contributed by atoms with Crippen molar-refractivity contribution in [1.82, 2.24) is 29.8 Å². The number of nitrogens with two attached hydrogens (primary N) is 1. The van der Waals surface area contributed by atoms with Gasteiger partial charge in [0, 0.05) is 37.3 Å². The van der Waals surface area contributed by atoms with E-state index < -0.39 is 0 Å². The molecular formula is C24H27N7O2. The van der Waals surface area contributed by atoms with E-state index in [4.69, 9.17) is 10.8 Å². The standard InChI is InChI=1S/C24H27N7O2/c1-2-20(32)30-13-5-6-18(15-30)31-19-14-26-27-23(25)21(19)22(28-31)16-7-9-17(10-8-16)24(33)29-11-3-4-12-29/h2,7-10,14,18H,1,3-6,11-13,15H2,(H2,25,27)/t18-/m1/s1. The van der Waals surface area contributed by atoms with E-state index in [0.717, 1.165) is 55.2 Å². The Morgan fingerprint density at radius 1 is 1.06 bits per heavy atom. The highest BCUT2D eigenvalue weighted by Gasteiger charge is 2.28. The largest absolute Gasteiger partial charge is 0.382 e. The van der Waals surface area contributed by atoms with Crippen molar-refractivity contribution in [3.63, 3.8) is 0 Å². The van der Waals surface area contributed by atoms with Gasteiger partial charge in [0.2, 0.25) is 5.91 Å². The smallest absolute Gasteiger partial charge is 0.253 e. The molecule has 2 aromatic heterocycles. The van der Waals surface area contributed by atoms with Crippen molar-refractivity contribution in [3.05, 3.63) is 48.7 Å². The molecule has 0 saturated carbocycles. The molecule has 0 bridgehead atoms. The monoisotopic (exact) mass is 445 g/mol. The summed E-state index contributed by atoms with van der Waals surface area (Å²) in [6, 6.07) is 7.50. The van der Waals surface area contributed by atoms with Gasteiger partial charge in [0.25, 0.3) is 5.91 Å². The van der Waals surface area contributed by atoms with Crippen molar-refractivity contribution in [2.75, 3.05) is 31.9 Å². The molecule has 3 aromatic rings. The first-order chi connectivity index (χ1) is 16.1. The lowest BCUT2D eigenvalue weighted by Crippen LogP contribution is -2.40. The third-order valence-electron chi connectivity index (χ3n) is 6.58. The van der Waals surface area contributed by atoms with Crippen LogP contribution in [0.25, 0.3) is 22.2 Å². The number of fused-ring (bicyclic) bond motifs is 1. The van der Waals surface area contributed by atoms with Gasteiger partial charge < -0.3 is 15.5 Å². The number of nitrogen functional groups attached to an aromatic ring is 1. The van der Waals surface area contributed by atoms with Gasteiger partial charge in [-0.2, -0.15) is 10.2 Å². The Bertz CT molecular complexity index is 1210. The van der Waals surface area contributed by atoms with Crippen molar-refractivity contribution >= 4 is 28.5 Å². The predicted molar refractivity (Wildman–Crippen MR) is 125 cm³/mol. The average molecular weight is 446 g/mol. The number of piperidine rings is 1. The second kappa shape index (κ2) is 8.65. The Labute approximate surface area is 191 Å². The molecule has 5 rings (SSSR count). The summed E-state index contributed by atoms with van der Waals surface area (Å²) in [6.45, 7) is 6.50. The predicted octanol–water partition coefficient (Wildman–Crippen LogP) is 2.66. The summed E-state index contributed by atoms with van der Waals surface area (Å²) in [4.78, 5) is 28.6.